The van der Waals surface area contributed by atoms with E-state index in [0.29, 0.717) is 0 Å². The minimum atomic E-state index is -0.221. The number of benzene rings is 1. The molecule has 76 valence electrons. The van der Waals surface area contributed by atoms with E-state index >= 15 is 0 Å². The van der Waals surface area contributed by atoms with E-state index in [2.05, 4.69) is 42.0 Å². The molecule has 0 saturated carbocycles. The molecule has 0 aliphatic carbocycles. The van der Waals surface area contributed by atoms with Gasteiger partial charge in [0.2, 0.25) is 0 Å². The highest BCUT2D eigenvalue weighted by Crippen LogP contribution is 2.23. The van der Waals surface area contributed by atoms with Gasteiger partial charge in [0.15, 0.2) is 0 Å². The second kappa shape index (κ2) is 4.13. The van der Waals surface area contributed by atoms with E-state index in [4.69, 9.17) is 0 Å². The van der Waals surface area contributed by atoms with E-state index < -0.39 is 0 Å². The summed E-state index contributed by atoms with van der Waals surface area (Å²) in [5.41, 5.74) is 2.21. The zero-order chi connectivity index (χ0) is 10.8. The molecular weight excluding hydrogens is 242 g/mol. The molecule has 14 heavy (non-hydrogen) atoms. The van der Waals surface area contributed by atoms with Crippen LogP contribution in [0.25, 0.3) is 0 Å². The van der Waals surface area contributed by atoms with Crippen molar-refractivity contribution in [2.75, 3.05) is 5.32 Å². The van der Waals surface area contributed by atoms with Crippen molar-refractivity contribution in [3.8, 4) is 0 Å². The van der Waals surface area contributed by atoms with Crippen LogP contribution >= 0.6 is 15.9 Å². The van der Waals surface area contributed by atoms with Gasteiger partial charge in [0.05, 0.1) is 0 Å². The van der Waals surface area contributed by atoms with E-state index in [-0.39, 0.29) is 10.2 Å². The Kier molecular flexibility index (Phi) is 3.32. The van der Waals surface area contributed by atoms with Gasteiger partial charge < -0.3 is 5.32 Å². The summed E-state index contributed by atoms with van der Waals surface area (Å²) in [5, 5.41) is 2.66. The van der Waals surface area contributed by atoms with E-state index in [0.717, 1.165) is 5.69 Å². The van der Waals surface area contributed by atoms with Gasteiger partial charge in [-0.05, 0) is 23.1 Å². The van der Waals surface area contributed by atoms with Gasteiger partial charge in [-0.1, -0.05) is 32.9 Å². The molecule has 1 N–H and O–H groups in total. The van der Waals surface area contributed by atoms with Crippen molar-refractivity contribution < 1.29 is 4.79 Å². The maximum Gasteiger partial charge on any atom is 0.291 e. The van der Waals surface area contributed by atoms with Crippen molar-refractivity contribution in [1.82, 2.24) is 0 Å². The van der Waals surface area contributed by atoms with Crippen molar-refractivity contribution in [3.05, 3.63) is 29.8 Å². The first kappa shape index (κ1) is 11.2. The summed E-state index contributed by atoms with van der Waals surface area (Å²) in [7, 11) is 0. The second-order valence-corrected chi connectivity index (χ2v) is 4.95. The Bertz CT molecular complexity index is 324. The van der Waals surface area contributed by atoms with Gasteiger partial charge in [-0.15, -0.1) is 0 Å². The lowest BCUT2D eigenvalue weighted by Gasteiger charge is -2.19. The van der Waals surface area contributed by atoms with Crippen molar-refractivity contribution in [2.24, 2.45) is 0 Å². The number of nitrogens with one attached hydrogen (secondary N) is 1. The molecule has 1 aromatic rings. The monoisotopic (exact) mass is 255 g/mol. The average Bonchev–Trinajstić information content (AvgIpc) is 2.02. The number of rotatable bonds is 1. The molecule has 0 unspecified atom stereocenters. The maximum atomic E-state index is 10.7. The topological polar surface area (TPSA) is 29.1 Å². The number of hydrogen-bond donors (Lipinski definition) is 1. The molecule has 0 saturated heterocycles. The van der Waals surface area contributed by atoms with Crippen LogP contribution in [0.4, 0.5) is 10.5 Å². The van der Waals surface area contributed by atoms with Crippen LogP contribution in [-0.2, 0) is 5.41 Å². The van der Waals surface area contributed by atoms with Crippen LogP contribution in [0.15, 0.2) is 24.3 Å². The van der Waals surface area contributed by atoms with Gasteiger partial charge in [-0.25, -0.2) is 0 Å². The molecule has 1 rings (SSSR count). The van der Waals surface area contributed by atoms with E-state index in [1.54, 1.807) is 0 Å². The van der Waals surface area contributed by atoms with Crippen LogP contribution in [0.3, 0.4) is 0 Å². The molecule has 0 fully saturated rings. The van der Waals surface area contributed by atoms with Gasteiger partial charge in [0, 0.05) is 21.6 Å². The molecule has 3 heteroatoms. The second-order valence-electron chi connectivity index (χ2n) is 4.23. The van der Waals surface area contributed by atoms with Gasteiger partial charge in [0.25, 0.3) is 4.82 Å². The molecule has 0 aromatic heterocycles. The highest BCUT2D eigenvalue weighted by molar-refractivity contribution is 9.18. The predicted molar refractivity (Wildman–Crippen MR) is 63.1 cm³/mol. The Hall–Kier alpha value is -0.830. The summed E-state index contributed by atoms with van der Waals surface area (Å²) in [6.07, 6.45) is 0. The lowest BCUT2D eigenvalue weighted by Crippen LogP contribution is -2.11. The van der Waals surface area contributed by atoms with Crippen LogP contribution in [0.1, 0.15) is 26.3 Å². The van der Waals surface area contributed by atoms with Crippen molar-refractivity contribution in [3.63, 3.8) is 0 Å². The predicted octanol–water partition coefficient (Wildman–Crippen LogP) is 3.91. The number of amides is 1. The zero-order valence-electron chi connectivity index (χ0n) is 8.60. The van der Waals surface area contributed by atoms with E-state index in [1.165, 1.54) is 5.56 Å². The molecule has 1 aromatic carbocycles. The molecule has 0 aliphatic rings. The van der Waals surface area contributed by atoms with Crippen molar-refractivity contribution >= 4 is 26.4 Å². The third-order valence-corrected chi connectivity index (χ3v) is 2.19. The lowest BCUT2D eigenvalue weighted by molar-refractivity contribution is 0.270. The van der Waals surface area contributed by atoms with Crippen LogP contribution < -0.4 is 5.32 Å². The van der Waals surface area contributed by atoms with Crippen LogP contribution in [-0.4, -0.2) is 4.82 Å². The first-order chi connectivity index (χ1) is 6.39. The highest BCUT2D eigenvalue weighted by Gasteiger charge is 2.12. The third-order valence-electron chi connectivity index (χ3n) is 1.99. The number of anilines is 1. The van der Waals surface area contributed by atoms with Crippen LogP contribution in [0.2, 0.25) is 0 Å². The number of carbonyl (C=O) groups is 1. The molecular formula is C11H14BrNO. The van der Waals surface area contributed by atoms with Gasteiger partial charge in [0.1, 0.15) is 0 Å². The molecule has 0 aliphatic heterocycles. The quantitative estimate of drug-likeness (QED) is 0.599. The minimum absolute atomic E-state index is 0.150. The molecule has 2 nitrogen and oxygen atoms in total. The SMILES string of the molecule is CC(C)(C)c1ccc(NC(=O)Br)cc1. The Morgan fingerprint density at radius 3 is 2.07 bits per heavy atom. The summed E-state index contributed by atoms with van der Waals surface area (Å²) in [4.78, 5) is 10.5. The summed E-state index contributed by atoms with van der Waals surface area (Å²) in [5.74, 6) is 0. The molecule has 0 spiro atoms. The summed E-state index contributed by atoms with van der Waals surface area (Å²) in [6.45, 7) is 6.47. The summed E-state index contributed by atoms with van der Waals surface area (Å²) >= 11 is 2.82. The van der Waals surface area contributed by atoms with Gasteiger partial charge in [-0.2, -0.15) is 0 Å². The smallest absolute Gasteiger partial charge is 0.291 e. The Balaban J connectivity index is 2.84. The normalized spacial score (nSPS) is 11.1. The van der Waals surface area contributed by atoms with Crippen molar-refractivity contribution in [1.29, 1.82) is 0 Å². The fourth-order valence-corrected chi connectivity index (χ4v) is 1.40. The van der Waals surface area contributed by atoms with Gasteiger partial charge >= 0.3 is 0 Å². The molecule has 0 bridgehead atoms. The maximum absolute atomic E-state index is 10.7. The third kappa shape index (κ3) is 3.14. The Morgan fingerprint density at radius 1 is 1.21 bits per heavy atom. The fraction of sp³-hybridized carbons (Fsp3) is 0.364. The average molecular weight is 256 g/mol. The summed E-state index contributed by atoms with van der Waals surface area (Å²) in [6, 6.07) is 7.86. The summed E-state index contributed by atoms with van der Waals surface area (Å²) < 4.78 is 0. The standard InChI is InChI=1S/C11H14BrNO/c1-11(2,3)8-4-6-9(7-5-8)13-10(12)14/h4-7H,1-3H3,(H,13,14). The lowest BCUT2D eigenvalue weighted by atomic mass is 9.87. The van der Waals surface area contributed by atoms with Crippen LogP contribution in [0, 0.1) is 0 Å². The molecule has 0 radical (unpaired) electrons. The Labute approximate surface area is 92.8 Å². The number of hydrogen-bond acceptors (Lipinski definition) is 1. The molecule has 0 heterocycles. The number of halogens is 1. The first-order valence-electron chi connectivity index (χ1n) is 4.46. The van der Waals surface area contributed by atoms with E-state index in [1.807, 2.05) is 24.3 Å². The van der Waals surface area contributed by atoms with Gasteiger partial charge in [-0.3, -0.25) is 4.79 Å². The minimum Gasteiger partial charge on any atom is -0.317 e. The molecule has 0 atom stereocenters. The first-order valence-corrected chi connectivity index (χ1v) is 5.26. The van der Waals surface area contributed by atoms with Crippen LogP contribution in [0.5, 0.6) is 0 Å². The fourth-order valence-electron chi connectivity index (χ4n) is 1.17. The zero-order valence-corrected chi connectivity index (χ0v) is 10.2. The highest BCUT2D eigenvalue weighted by atomic mass is 79.9. The number of carbonyl (C=O) groups excluding carboxylic acids is 1. The largest absolute Gasteiger partial charge is 0.317 e. The van der Waals surface area contributed by atoms with Crippen molar-refractivity contribution in [2.45, 2.75) is 26.2 Å². The van der Waals surface area contributed by atoms with E-state index in [9.17, 15) is 4.79 Å². The Morgan fingerprint density at radius 2 is 1.71 bits per heavy atom. The molecule has 1 amide bonds.